The summed E-state index contributed by atoms with van der Waals surface area (Å²) in [6.45, 7) is 2.76. The maximum Gasteiger partial charge on any atom is 0.277 e. The van der Waals surface area contributed by atoms with Gasteiger partial charge in [0.25, 0.3) is 5.91 Å². The Kier molecular flexibility index (Phi) is 2.59. The van der Waals surface area contributed by atoms with E-state index in [1.165, 1.54) is 5.56 Å². The van der Waals surface area contributed by atoms with E-state index < -0.39 is 0 Å². The highest BCUT2D eigenvalue weighted by Gasteiger charge is 2.24. The van der Waals surface area contributed by atoms with Crippen LogP contribution in [0.1, 0.15) is 17.5 Å². The second-order valence-electron chi connectivity index (χ2n) is 4.60. The molecule has 1 aromatic carbocycles. The Morgan fingerprint density at radius 3 is 2.78 bits per heavy atom. The van der Waals surface area contributed by atoms with Gasteiger partial charge in [-0.2, -0.15) is 0 Å². The lowest BCUT2D eigenvalue weighted by Gasteiger charge is -2.20. The molecule has 0 spiro atoms. The molecular weight excluding hydrogens is 224 g/mol. The Morgan fingerprint density at radius 1 is 1.22 bits per heavy atom. The van der Waals surface area contributed by atoms with E-state index in [1.54, 1.807) is 0 Å². The van der Waals surface area contributed by atoms with E-state index in [0.29, 0.717) is 13.0 Å². The summed E-state index contributed by atoms with van der Waals surface area (Å²) in [6.07, 6.45) is 4.55. The second kappa shape index (κ2) is 4.26. The number of hydrogen-bond donors (Lipinski definition) is 1. The molecule has 0 radical (unpaired) electrons. The van der Waals surface area contributed by atoms with Crippen molar-refractivity contribution in [3.05, 3.63) is 58.8 Å². The third kappa shape index (κ3) is 1.88. The predicted molar refractivity (Wildman–Crippen MR) is 71.5 cm³/mol. The van der Waals surface area contributed by atoms with Crippen molar-refractivity contribution in [1.82, 2.24) is 5.32 Å². The monoisotopic (exact) mass is 238 g/mol. The minimum atomic E-state index is -0.121. The van der Waals surface area contributed by atoms with Crippen molar-refractivity contribution in [1.29, 1.82) is 0 Å². The van der Waals surface area contributed by atoms with E-state index in [2.05, 4.69) is 10.3 Å². The lowest BCUT2D eigenvalue weighted by atomic mass is 9.92. The number of benzene rings is 1. The molecule has 1 amide bonds. The molecule has 2 aliphatic heterocycles. The summed E-state index contributed by atoms with van der Waals surface area (Å²) in [4.78, 5) is 16.2. The van der Waals surface area contributed by atoms with Crippen molar-refractivity contribution < 1.29 is 4.79 Å². The summed E-state index contributed by atoms with van der Waals surface area (Å²) in [6, 6.07) is 8.13. The highest BCUT2D eigenvalue weighted by molar-refractivity contribution is 6.16. The topological polar surface area (TPSA) is 41.5 Å². The van der Waals surface area contributed by atoms with Crippen molar-refractivity contribution in [2.45, 2.75) is 13.3 Å². The summed E-state index contributed by atoms with van der Waals surface area (Å²) < 4.78 is 0. The van der Waals surface area contributed by atoms with Gasteiger partial charge in [-0.25, -0.2) is 4.99 Å². The van der Waals surface area contributed by atoms with E-state index >= 15 is 0 Å². The zero-order valence-electron chi connectivity index (χ0n) is 10.2. The molecule has 3 heteroatoms. The van der Waals surface area contributed by atoms with Crippen molar-refractivity contribution in [3.63, 3.8) is 0 Å². The first-order valence-corrected chi connectivity index (χ1v) is 6.06. The number of rotatable bonds is 1. The molecule has 0 unspecified atom stereocenters. The maximum atomic E-state index is 12.0. The number of dihydropyridines is 1. The molecule has 2 heterocycles. The number of carbonyl (C=O) groups is 1. The van der Waals surface area contributed by atoms with Gasteiger partial charge < -0.3 is 5.32 Å². The summed E-state index contributed by atoms with van der Waals surface area (Å²) in [5, 5.41) is 3.14. The Labute approximate surface area is 106 Å². The van der Waals surface area contributed by atoms with Crippen LogP contribution in [-0.4, -0.2) is 18.2 Å². The van der Waals surface area contributed by atoms with E-state index in [4.69, 9.17) is 0 Å². The molecule has 0 bridgehead atoms. The summed E-state index contributed by atoms with van der Waals surface area (Å²) >= 11 is 0. The fourth-order valence-corrected chi connectivity index (χ4v) is 2.24. The molecule has 0 saturated heterocycles. The molecule has 0 fully saturated rings. The van der Waals surface area contributed by atoms with Crippen molar-refractivity contribution >= 4 is 11.6 Å². The van der Waals surface area contributed by atoms with Gasteiger partial charge >= 0.3 is 0 Å². The lowest BCUT2D eigenvalue weighted by Crippen LogP contribution is -2.23. The van der Waals surface area contributed by atoms with Crippen LogP contribution in [-0.2, 0) is 4.79 Å². The van der Waals surface area contributed by atoms with Crippen LogP contribution in [0.4, 0.5) is 0 Å². The van der Waals surface area contributed by atoms with Gasteiger partial charge in [-0.1, -0.05) is 35.9 Å². The zero-order valence-corrected chi connectivity index (χ0v) is 10.2. The third-order valence-electron chi connectivity index (χ3n) is 3.26. The number of amides is 1. The fourth-order valence-electron chi connectivity index (χ4n) is 2.24. The second-order valence-corrected chi connectivity index (χ2v) is 4.60. The molecule has 1 aromatic rings. The van der Waals surface area contributed by atoms with Crippen LogP contribution in [0.15, 0.2) is 52.7 Å². The third-order valence-corrected chi connectivity index (χ3v) is 3.26. The molecule has 0 aliphatic carbocycles. The number of nitrogens with one attached hydrogen (secondary N) is 1. The summed E-state index contributed by atoms with van der Waals surface area (Å²) in [5.74, 6) is -0.121. The molecule has 0 aromatic heterocycles. The first kappa shape index (κ1) is 11.0. The summed E-state index contributed by atoms with van der Waals surface area (Å²) in [7, 11) is 0. The molecule has 0 atom stereocenters. The highest BCUT2D eigenvalue weighted by atomic mass is 16.1. The minimum absolute atomic E-state index is 0.121. The highest BCUT2D eigenvalue weighted by Crippen LogP contribution is 2.25. The lowest BCUT2D eigenvalue weighted by molar-refractivity contribution is -0.114. The Hall–Kier alpha value is -2.16. The Balaban J connectivity index is 1.99. The van der Waals surface area contributed by atoms with E-state index in [0.717, 1.165) is 22.4 Å². The molecule has 18 heavy (non-hydrogen) atoms. The van der Waals surface area contributed by atoms with E-state index in [-0.39, 0.29) is 5.91 Å². The van der Waals surface area contributed by atoms with Gasteiger partial charge in [0.15, 0.2) is 0 Å². The van der Waals surface area contributed by atoms with Crippen LogP contribution in [0.25, 0.3) is 0 Å². The standard InChI is InChI=1S/C15H14N2O/c1-10-2-4-11(5-3-10)14-8-12-9-16-7-6-13(12)15(18)17-14/h2-6,9,16H,7-8H2,1H3. The molecule has 3 rings (SSSR count). The van der Waals surface area contributed by atoms with Crippen LogP contribution < -0.4 is 5.32 Å². The number of aliphatic imine (C=N–C) groups is 1. The maximum absolute atomic E-state index is 12.0. The minimum Gasteiger partial charge on any atom is -0.387 e. The van der Waals surface area contributed by atoms with Gasteiger partial charge in [-0.3, -0.25) is 4.79 Å². The van der Waals surface area contributed by atoms with Crippen molar-refractivity contribution in [3.8, 4) is 0 Å². The van der Waals surface area contributed by atoms with Crippen LogP contribution in [0, 0.1) is 6.92 Å². The average Bonchev–Trinajstić information content (AvgIpc) is 2.39. The van der Waals surface area contributed by atoms with Gasteiger partial charge in [-0.05, 0) is 18.1 Å². The Morgan fingerprint density at radius 2 is 2.00 bits per heavy atom. The summed E-state index contributed by atoms with van der Waals surface area (Å²) in [5.41, 5.74) is 4.88. The number of nitrogens with zero attached hydrogens (tertiary/aromatic N) is 1. The largest absolute Gasteiger partial charge is 0.387 e. The van der Waals surface area contributed by atoms with Gasteiger partial charge in [0, 0.05) is 24.7 Å². The number of hydrogen-bond acceptors (Lipinski definition) is 2. The number of fused-ring (bicyclic) bond motifs is 1. The van der Waals surface area contributed by atoms with Gasteiger partial charge in [0.1, 0.15) is 0 Å². The zero-order chi connectivity index (χ0) is 12.5. The first-order chi connectivity index (χ1) is 8.74. The van der Waals surface area contributed by atoms with Gasteiger partial charge in [0.2, 0.25) is 0 Å². The fraction of sp³-hybridized carbons (Fsp3) is 0.200. The molecule has 0 saturated carbocycles. The van der Waals surface area contributed by atoms with Crippen LogP contribution in [0.3, 0.4) is 0 Å². The van der Waals surface area contributed by atoms with E-state index in [1.807, 2.05) is 43.5 Å². The molecule has 90 valence electrons. The average molecular weight is 238 g/mol. The van der Waals surface area contributed by atoms with Gasteiger partial charge in [-0.15, -0.1) is 0 Å². The predicted octanol–water partition coefficient (Wildman–Crippen LogP) is 2.13. The van der Waals surface area contributed by atoms with Crippen molar-refractivity contribution in [2.24, 2.45) is 4.99 Å². The molecule has 1 N–H and O–H groups in total. The molecule has 3 nitrogen and oxygen atoms in total. The number of carbonyl (C=O) groups excluding carboxylic acids is 1. The Bertz CT molecular complexity index is 591. The number of aryl methyl sites for hydroxylation is 1. The molecular formula is C15H14N2O. The van der Waals surface area contributed by atoms with Crippen LogP contribution in [0.2, 0.25) is 0 Å². The molecule has 2 aliphatic rings. The van der Waals surface area contributed by atoms with Crippen molar-refractivity contribution in [2.75, 3.05) is 6.54 Å². The van der Waals surface area contributed by atoms with Crippen LogP contribution >= 0.6 is 0 Å². The quantitative estimate of drug-likeness (QED) is 0.814. The first-order valence-electron chi connectivity index (χ1n) is 6.06. The normalized spacial score (nSPS) is 18.3. The van der Waals surface area contributed by atoms with Crippen LogP contribution in [0.5, 0.6) is 0 Å². The van der Waals surface area contributed by atoms with E-state index in [9.17, 15) is 4.79 Å². The SMILES string of the molecule is Cc1ccc(C2=NC(=O)C3=CCNC=C3C2)cc1. The smallest absolute Gasteiger partial charge is 0.277 e. The van der Waals surface area contributed by atoms with Gasteiger partial charge in [0.05, 0.1) is 5.71 Å².